The minimum Gasteiger partial charge on any atom is -0.476 e. The average Bonchev–Trinajstić information content (AvgIpc) is 2.86. The maximum absolute atomic E-state index is 11.5. The summed E-state index contributed by atoms with van der Waals surface area (Å²) < 4.78 is 0. The molecule has 0 fully saturated rings. The van der Waals surface area contributed by atoms with Crippen LogP contribution in [0.25, 0.3) is 0 Å². The smallest absolute Gasteiger partial charge is 0.356 e. The Labute approximate surface area is 126 Å². The van der Waals surface area contributed by atoms with Crippen LogP contribution in [0.15, 0.2) is 24.3 Å². The van der Waals surface area contributed by atoms with Crippen molar-refractivity contribution in [1.82, 2.24) is 4.98 Å². The van der Waals surface area contributed by atoms with Crippen LogP contribution in [0.2, 0.25) is 0 Å². The van der Waals surface area contributed by atoms with Gasteiger partial charge in [-0.05, 0) is 18.1 Å². The summed E-state index contributed by atoms with van der Waals surface area (Å²) in [4.78, 5) is 26.8. The highest BCUT2D eigenvalue weighted by Crippen LogP contribution is 2.28. The molecule has 0 aliphatic heterocycles. The highest BCUT2D eigenvalue weighted by molar-refractivity contribution is 7.17. The first-order valence-electron chi connectivity index (χ1n) is 6.63. The first kappa shape index (κ1) is 15.2. The van der Waals surface area contributed by atoms with Gasteiger partial charge in [0.2, 0.25) is 0 Å². The lowest BCUT2D eigenvalue weighted by atomic mass is 10.1. The molecular formula is C15H16N2O3S. The molecule has 0 saturated heterocycles. The number of anilines is 2. The molecule has 0 unspecified atom stereocenters. The standard InChI is InChI=1S/C15H16N2O3S/c1-3-6-10-7-4-5-8-11(10)16-15-17-12(14(19)20)13(21-15)9(2)18/h4-5,7-8H,3,6H2,1-2H3,(H,16,17)(H,19,20). The summed E-state index contributed by atoms with van der Waals surface area (Å²) in [6, 6.07) is 7.80. The maximum Gasteiger partial charge on any atom is 0.356 e. The van der Waals surface area contributed by atoms with Crippen molar-refractivity contribution in [2.24, 2.45) is 0 Å². The third-order valence-electron chi connectivity index (χ3n) is 2.93. The highest BCUT2D eigenvalue weighted by Gasteiger charge is 2.20. The van der Waals surface area contributed by atoms with Gasteiger partial charge in [-0.15, -0.1) is 0 Å². The van der Waals surface area contributed by atoms with Gasteiger partial charge in [0.15, 0.2) is 16.6 Å². The van der Waals surface area contributed by atoms with Gasteiger partial charge in [0.05, 0.1) is 0 Å². The molecule has 21 heavy (non-hydrogen) atoms. The summed E-state index contributed by atoms with van der Waals surface area (Å²) in [6.07, 6.45) is 1.93. The second kappa shape index (κ2) is 6.49. The number of aryl methyl sites for hydroxylation is 1. The predicted molar refractivity (Wildman–Crippen MR) is 82.8 cm³/mol. The van der Waals surface area contributed by atoms with E-state index in [1.54, 1.807) is 0 Å². The van der Waals surface area contributed by atoms with Gasteiger partial charge in [-0.1, -0.05) is 42.9 Å². The van der Waals surface area contributed by atoms with E-state index < -0.39 is 5.97 Å². The SMILES string of the molecule is CCCc1ccccc1Nc1nc(C(=O)O)c(C(C)=O)s1. The number of ketones is 1. The van der Waals surface area contributed by atoms with Crippen molar-refractivity contribution < 1.29 is 14.7 Å². The summed E-state index contributed by atoms with van der Waals surface area (Å²) in [5, 5.41) is 12.6. The first-order chi connectivity index (χ1) is 10.0. The Morgan fingerprint density at radius 2 is 2.05 bits per heavy atom. The number of nitrogens with one attached hydrogen (secondary N) is 1. The summed E-state index contributed by atoms with van der Waals surface area (Å²) in [5.41, 5.74) is 1.83. The molecule has 5 nitrogen and oxygen atoms in total. The molecule has 2 N–H and O–H groups in total. The van der Waals surface area contributed by atoms with Crippen LogP contribution in [-0.4, -0.2) is 21.8 Å². The third-order valence-corrected chi connectivity index (χ3v) is 4.00. The fraction of sp³-hybridized carbons (Fsp3) is 0.267. The summed E-state index contributed by atoms with van der Waals surface area (Å²) >= 11 is 1.06. The molecule has 0 aliphatic rings. The van der Waals surface area contributed by atoms with Gasteiger partial charge in [-0.25, -0.2) is 9.78 Å². The molecule has 0 aliphatic carbocycles. The van der Waals surface area contributed by atoms with Crippen molar-refractivity contribution in [2.75, 3.05) is 5.32 Å². The zero-order valence-electron chi connectivity index (χ0n) is 11.8. The van der Waals surface area contributed by atoms with E-state index in [9.17, 15) is 9.59 Å². The van der Waals surface area contributed by atoms with E-state index >= 15 is 0 Å². The molecule has 0 spiro atoms. The van der Waals surface area contributed by atoms with Crippen LogP contribution < -0.4 is 5.32 Å². The van der Waals surface area contributed by atoms with E-state index in [1.807, 2.05) is 24.3 Å². The Hall–Kier alpha value is -2.21. The van der Waals surface area contributed by atoms with Gasteiger partial charge in [-0.3, -0.25) is 4.79 Å². The number of benzene rings is 1. The molecule has 1 aromatic heterocycles. The zero-order chi connectivity index (χ0) is 15.4. The highest BCUT2D eigenvalue weighted by atomic mass is 32.1. The van der Waals surface area contributed by atoms with Crippen molar-refractivity contribution in [1.29, 1.82) is 0 Å². The Balaban J connectivity index is 2.34. The van der Waals surface area contributed by atoms with Gasteiger partial charge in [0.25, 0.3) is 0 Å². The lowest BCUT2D eigenvalue weighted by molar-refractivity contribution is 0.0687. The average molecular weight is 304 g/mol. The quantitative estimate of drug-likeness (QED) is 0.795. The van der Waals surface area contributed by atoms with E-state index in [0.717, 1.165) is 35.4 Å². The monoisotopic (exact) mass is 304 g/mol. The molecule has 0 radical (unpaired) electrons. The lowest BCUT2D eigenvalue weighted by Crippen LogP contribution is -2.03. The van der Waals surface area contributed by atoms with Crippen LogP contribution >= 0.6 is 11.3 Å². The minimum absolute atomic E-state index is 0.165. The third kappa shape index (κ3) is 3.46. The molecule has 6 heteroatoms. The second-order valence-electron chi connectivity index (χ2n) is 4.59. The van der Waals surface area contributed by atoms with Crippen LogP contribution in [0, 0.1) is 0 Å². The number of aromatic carboxylic acids is 1. The van der Waals surface area contributed by atoms with Crippen molar-refractivity contribution >= 4 is 33.9 Å². The van der Waals surface area contributed by atoms with E-state index in [4.69, 9.17) is 5.11 Å². The minimum atomic E-state index is -1.19. The topological polar surface area (TPSA) is 79.3 Å². The lowest BCUT2D eigenvalue weighted by Gasteiger charge is -2.08. The molecule has 0 bridgehead atoms. The number of hydrogen-bond acceptors (Lipinski definition) is 5. The van der Waals surface area contributed by atoms with E-state index in [1.165, 1.54) is 6.92 Å². The fourth-order valence-corrected chi connectivity index (χ4v) is 2.87. The van der Waals surface area contributed by atoms with Crippen LogP contribution in [0.4, 0.5) is 10.8 Å². The molecular weight excluding hydrogens is 288 g/mol. The Kier molecular flexibility index (Phi) is 4.70. The number of Topliss-reactive ketones (excluding diaryl/α,β-unsaturated/α-hetero) is 1. The number of nitrogens with zero attached hydrogens (tertiary/aromatic N) is 1. The molecule has 0 atom stereocenters. The number of thiazole rings is 1. The van der Waals surface area contributed by atoms with Gasteiger partial charge in [0.1, 0.15) is 4.88 Å². The number of para-hydroxylation sites is 1. The zero-order valence-corrected chi connectivity index (χ0v) is 12.7. The van der Waals surface area contributed by atoms with Crippen molar-refractivity contribution in [3.63, 3.8) is 0 Å². The second-order valence-corrected chi connectivity index (χ2v) is 5.59. The van der Waals surface area contributed by atoms with Crippen LogP contribution in [0.5, 0.6) is 0 Å². The Morgan fingerprint density at radius 1 is 1.33 bits per heavy atom. The van der Waals surface area contributed by atoms with Crippen LogP contribution in [0.1, 0.15) is 46.0 Å². The fourth-order valence-electron chi connectivity index (χ4n) is 2.00. The number of carbonyl (C=O) groups is 2. The van der Waals surface area contributed by atoms with Crippen molar-refractivity contribution in [3.05, 3.63) is 40.4 Å². The van der Waals surface area contributed by atoms with Gasteiger partial charge in [-0.2, -0.15) is 0 Å². The molecule has 1 aromatic carbocycles. The summed E-state index contributed by atoms with van der Waals surface area (Å²) in [7, 11) is 0. The Bertz CT molecular complexity index is 648. The van der Waals surface area contributed by atoms with Crippen molar-refractivity contribution in [2.45, 2.75) is 26.7 Å². The molecule has 1 heterocycles. The summed E-state index contributed by atoms with van der Waals surface area (Å²) in [5.74, 6) is -1.48. The Morgan fingerprint density at radius 3 is 2.62 bits per heavy atom. The number of carboxylic acid groups (broad SMARTS) is 1. The number of carbonyl (C=O) groups excluding carboxylic acids is 1. The van der Waals surface area contributed by atoms with E-state index in [2.05, 4.69) is 17.2 Å². The van der Waals surface area contributed by atoms with Gasteiger partial charge in [0, 0.05) is 12.6 Å². The van der Waals surface area contributed by atoms with Crippen molar-refractivity contribution in [3.8, 4) is 0 Å². The van der Waals surface area contributed by atoms with E-state index in [-0.39, 0.29) is 16.4 Å². The largest absolute Gasteiger partial charge is 0.476 e. The molecule has 0 saturated carbocycles. The molecule has 110 valence electrons. The first-order valence-corrected chi connectivity index (χ1v) is 7.44. The number of rotatable bonds is 6. The van der Waals surface area contributed by atoms with E-state index in [0.29, 0.717) is 5.13 Å². The number of carboxylic acids is 1. The molecule has 2 aromatic rings. The molecule has 2 rings (SSSR count). The number of aromatic nitrogens is 1. The van der Waals surface area contributed by atoms with Crippen LogP contribution in [-0.2, 0) is 6.42 Å². The van der Waals surface area contributed by atoms with Gasteiger partial charge < -0.3 is 10.4 Å². The number of hydrogen-bond donors (Lipinski definition) is 2. The van der Waals surface area contributed by atoms with Crippen LogP contribution in [0.3, 0.4) is 0 Å². The molecule has 0 amide bonds. The maximum atomic E-state index is 11.5. The predicted octanol–water partition coefficient (Wildman–Crippen LogP) is 3.74. The van der Waals surface area contributed by atoms with Gasteiger partial charge >= 0.3 is 5.97 Å². The normalized spacial score (nSPS) is 10.4. The summed E-state index contributed by atoms with van der Waals surface area (Å²) in [6.45, 7) is 3.44.